The van der Waals surface area contributed by atoms with E-state index in [2.05, 4.69) is 26.1 Å². The highest BCUT2D eigenvalue weighted by Gasteiger charge is 2.11. The van der Waals surface area contributed by atoms with Crippen molar-refractivity contribution in [3.63, 3.8) is 0 Å². The quantitative estimate of drug-likeness (QED) is 0.736. The molecule has 1 atom stereocenters. The number of carbonyl (C=O) groups excluding carboxylic acids is 1. The van der Waals surface area contributed by atoms with Gasteiger partial charge in [0.2, 0.25) is 5.91 Å². The third kappa shape index (κ3) is 6.94. The van der Waals surface area contributed by atoms with Gasteiger partial charge in [0.1, 0.15) is 5.75 Å². The van der Waals surface area contributed by atoms with Crippen LogP contribution in [0.25, 0.3) is 0 Å². The number of rotatable bonds is 9. The number of nitrogens with one attached hydrogen (secondary N) is 1. The second-order valence-corrected chi connectivity index (χ2v) is 6.34. The van der Waals surface area contributed by atoms with Gasteiger partial charge in [0, 0.05) is 18.5 Å². The second-order valence-electron chi connectivity index (χ2n) is 6.34. The maximum atomic E-state index is 11.7. The van der Waals surface area contributed by atoms with Crippen LogP contribution in [-0.4, -0.2) is 18.6 Å². The maximum absolute atomic E-state index is 11.7. The fourth-order valence-electron chi connectivity index (χ4n) is 2.39. The standard InChI is InChI=1S/C18H30N2O2/c1-13(2)10-15(4)22-17-11-14(3)7-8-16(17)12-20-18(21)6-5-9-19/h7-8,11,13,15H,5-6,9-10,12,19H2,1-4H3,(H,20,21). The number of benzene rings is 1. The second kappa shape index (κ2) is 9.46. The first kappa shape index (κ1) is 18.5. The molecule has 0 radical (unpaired) electrons. The monoisotopic (exact) mass is 306 g/mol. The van der Waals surface area contributed by atoms with Crippen LogP contribution >= 0.6 is 0 Å². The normalized spacial score (nSPS) is 12.3. The van der Waals surface area contributed by atoms with Crippen LogP contribution in [0, 0.1) is 12.8 Å². The van der Waals surface area contributed by atoms with Crippen molar-refractivity contribution in [3.05, 3.63) is 29.3 Å². The van der Waals surface area contributed by atoms with E-state index in [1.807, 2.05) is 25.1 Å². The summed E-state index contributed by atoms with van der Waals surface area (Å²) >= 11 is 0. The molecular weight excluding hydrogens is 276 g/mol. The van der Waals surface area contributed by atoms with E-state index in [4.69, 9.17) is 10.5 Å². The molecule has 0 heterocycles. The van der Waals surface area contributed by atoms with Crippen LogP contribution in [0.5, 0.6) is 5.75 Å². The van der Waals surface area contributed by atoms with Crippen molar-refractivity contribution in [2.45, 2.75) is 59.6 Å². The summed E-state index contributed by atoms with van der Waals surface area (Å²) in [5.41, 5.74) is 7.59. The predicted molar refractivity (Wildman–Crippen MR) is 90.9 cm³/mol. The fourth-order valence-corrected chi connectivity index (χ4v) is 2.39. The molecule has 1 aromatic carbocycles. The Morgan fingerprint density at radius 1 is 1.32 bits per heavy atom. The number of aryl methyl sites for hydroxylation is 1. The van der Waals surface area contributed by atoms with E-state index in [9.17, 15) is 4.79 Å². The first-order valence-corrected chi connectivity index (χ1v) is 8.15. The Bertz CT molecular complexity index is 472. The number of hydrogen-bond donors (Lipinski definition) is 2. The van der Waals surface area contributed by atoms with Gasteiger partial charge in [-0.15, -0.1) is 0 Å². The van der Waals surface area contributed by atoms with E-state index in [0.29, 0.717) is 31.8 Å². The van der Waals surface area contributed by atoms with Gasteiger partial charge in [-0.3, -0.25) is 4.79 Å². The van der Waals surface area contributed by atoms with Gasteiger partial charge < -0.3 is 15.8 Å². The molecule has 22 heavy (non-hydrogen) atoms. The van der Waals surface area contributed by atoms with Gasteiger partial charge in [0.15, 0.2) is 0 Å². The minimum absolute atomic E-state index is 0.0344. The number of ether oxygens (including phenoxy) is 1. The zero-order valence-corrected chi connectivity index (χ0v) is 14.3. The van der Waals surface area contributed by atoms with Gasteiger partial charge in [0.25, 0.3) is 0 Å². The minimum atomic E-state index is 0.0344. The zero-order chi connectivity index (χ0) is 16.5. The molecule has 1 amide bonds. The number of carbonyl (C=O) groups is 1. The van der Waals surface area contributed by atoms with Crippen molar-refractivity contribution in [3.8, 4) is 5.75 Å². The van der Waals surface area contributed by atoms with Crippen LogP contribution in [0.2, 0.25) is 0 Å². The van der Waals surface area contributed by atoms with Crippen molar-refractivity contribution >= 4 is 5.91 Å². The smallest absolute Gasteiger partial charge is 0.220 e. The van der Waals surface area contributed by atoms with Gasteiger partial charge >= 0.3 is 0 Å². The van der Waals surface area contributed by atoms with Crippen LogP contribution in [0.1, 0.15) is 51.2 Å². The lowest BCUT2D eigenvalue weighted by molar-refractivity contribution is -0.121. The summed E-state index contributed by atoms with van der Waals surface area (Å²) in [6.07, 6.45) is 2.36. The topological polar surface area (TPSA) is 64.4 Å². The number of nitrogens with two attached hydrogens (primary N) is 1. The molecule has 0 saturated heterocycles. The van der Waals surface area contributed by atoms with Crippen LogP contribution in [0.4, 0.5) is 0 Å². The summed E-state index contributed by atoms with van der Waals surface area (Å²) in [5.74, 6) is 1.50. The highest BCUT2D eigenvalue weighted by molar-refractivity contribution is 5.75. The summed E-state index contributed by atoms with van der Waals surface area (Å²) < 4.78 is 6.08. The van der Waals surface area contributed by atoms with Crippen LogP contribution in [0.15, 0.2) is 18.2 Å². The number of hydrogen-bond acceptors (Lipinski definition) is 3. The molecule has 3 N–H and O–H groups in total. The van der Waals surface area contributed by atoms with Crippen molar-refractivity contribution in [1.82, 2.24) is 5.32 Å². The molecule has 0 aliphatic carbocycles. The third-order valence-electron chi connectivity index (χ3n) is 3.44. The van der Waals surface area contributed by atoms with Crippen molar-refractivity contribution < 1.29 is 9.53 Å². The van der Waals surface area contributed by atoms with E-state index < -0.39 is 0 Å². The molecule has 4 nitrogen and oxygen atoms in total. The van der Waals surface area contributed by atoms with E-state index in [-0.39, 0.29) is 12.0 Å². The lowest BCUT2D eigenvalue weighted by atomic mass is 10.1. The molecule has 0 spiro atoms. The third-order valence-corrected chi connectivity index (χ3v) is 3.44. The summed E-state index contributed by atoms with van der Waals surface area (Å²) in [4.78, 5) is 11.7. The Balaban J connectivity index is 2.67. The van der Waals surface area contributed by atoms with Gasteiger partial charge in [-0.05, 0) is 50.8 Å². The van der Waals surface area contributed by atoms with Crippen molar-refractivity contribution in [2.24, 2.45) is 11.7 Å². The average molecular weight is 306 g/mol. The molecule has 124 valence electrons. The molecule has 0 aromatic heterocycles. The van der Waals surface area contributed by atoms with E-state index in [0.717, 1.165) is 23.3 Å². The molecule has 0 aliphatic rings. The molecule has 1 aromatic rings. The van der Waals surface area contributed by atoms with Crippen molar-refractivity contribution in [2.75, 3.05) is 6.54 Å². The Hall–Kier alpha value is -1.55. The Morgan fingerprint density at radius 3 is 2.68 bits per heavy atom. The summed E-state index contributed by atoms with van der Waals surface area (Å²) in [6.45, 7) is 9.55. The lowest BCUT2D eigenvalue weighted by Gasteiger charge is -2.19. The summed E-state index contributed by atoms with van der Waals surface area (Å²) in [7, 11) is 0. The van der Waals surface area contributed by atoms with E-state index in [1.165, 1.54) is 0 Å². The molecule has 0 fully saturated rings. The Labute approximate surface area is 134 Å². The largest absolute Gasteiger partial charge is 0.490 e. The van der Waals surface area contributed by atoms with Crippen molar-refractivity contribution in [1.29, 1.82) is 0 Å². The highest BCUT2D eigenvalue weighted by atomic mass is 16.5. The average Bonchev–Trinajstić information content (AvgIpc) is 2.43. The zero-order valence-electron chi connectivity index (χ0n) is 14.3. The molecule has 0 saturated carbocycles. The molecule has 1 unspecified atom stereocenters. The Kier molecular flexibility index (Phi) is 7.96. The first-order chi connectivity index (χ1) is 10.4. The lowest BCUT2D eigenvalue weighted by Crippen LogP contribution is -2.24. The fraction of sp³-hybridized carbons (Fsp3) is 0.611. The highest BCUT2D eigenvalue weighted by Crippen LogP contribution is 2.23. The van der Waals surface area contributed by atoms with Crippen LogP contribution in [-0.2, 0) is 11.3 Å². The van der Waals surface area contributed by atoms with Gasteiger partial charge in [-0.25, -0.2) is 0 Å². The maximum Gasteiger partial charge on any atom is 0.220 e. The van der Waals surface area contributed by atoms with E-state index in [1.54, 1.807) is 0 Å². The summed E-state index contributed by atoms with van der Waals surface area (Å²) in [5, 5.41) is 2.93. The molecule has 0 aliphatic heterocycles. The van der Waals surface area contributed by atoms with Crippen LogP contribution in [0.3, 0.4) is 0 Å². The van der Waals surface area contributed by atoms with Crippen LogP contribution < -0.4 is 15.8 Å². The molecule has 0 bridgehead atoms. The first-order valence-electron chi connectivity index (χ1n) is 8.15. The molecule has 4 heteroatoms. The van der Waals surface area contributed by atoms with Gasteiger partial charge in [-0.2, -0.15) is 0 Å². The SMILES string of the molecule is Cc1ccc(CNC(=O)CCCN)c(OC(C)CC(C)C)c1. The predicted octanol–water partition coefficient (Wildman–Crippen LogP) is 3.16. The molecule has 1 rings (SSSR count). The Morgan fingerprint density at radius 2 is 2.05 bits per heavy atom. The van der Waals surface area contributed by atoms with Gasteiger partial charge in [0.05, 0.1) is 6.10 Å². The number of amides is 1. The molecular formula is C18H30N2O2. The van der Waals surface area contributed by atoms with E-state index >= 15 is 0 Å². The minimum Gasteiger partial charge on any atom is -0.490 e. The van der Waals surface area contributed by atoms with Gasteiger partial charge in [-0.1, -0.05) is 26.0 Å². The summed E-state index contributed by atoms with van der Waals surface area (Å²) in [6, 6.07) is 6.11.